The quantitative estimate of drug-likeness (QED) is 0.155. The number of aliphatic hydroxyl groups excluding tert-OH is 1. The molecule has 1 amide bonds. The number of aromatic nitrogens is 3. The molecule has 5 aromatic rings. The van der Waals surface area contributed by atoms with Gasteiger partial charge >= 0.3 is 5.97 Å². The van der Waals surface area contributed by atoms with E-state index in [4.69, 9.17) is 16.1 Å². The first-order valence-electron chi connectivity index (χ1n) is 17.0. The van der Waals surface area contributed by atoms with Crippen LogP contribution in [0.1, 0.15) is 57.0 Å². The molecule has 2 aromatic carbocycles. The summed E-state index contributed by atoms with van der Waals surface area (Å²) in [5.74, 6) is -1.52. The van der Waals surface area contributed by atoms with Crippen molar-refractivity contribution < 1.29 is 24.3 Å². The number of aliphatic hydroxyl groups is 1. The summed E-state index contributed by atoms with van der Waals surface area (Å²) >= 11 is 6.76. The minimum atomic E-state index is -0.786. The van der Waals surface area contributed by atoms with E-state index in [0.29, 0.717) is 83.5 Å². The lowest BCUT2D eigenvalue weighted by molar-refractivity contribution is -0.141. The summed E-state index contributed by atoms with van der Waals surface area (Å²) < 4.78 is 5.62. The number of β-amino-alcohol motifs (C(OH)–C–C–N with tert-alkyl or cyclic N) is 1. The molecule has 0 bridgehead atoms. The van der Waals surface area contributed by atoms with Crippen LogP contribution in [0.25, 0.3) is 34.2 Å². The number of nitrogens with one attached hydrogen (secondary N) is 1. The normalized spacial score (nSPS) is 18.0. The average molecular weight is 718 g/mol. The van der Waals surface area contributed by atoms with Gasteiger partial charge in [-0.1, -0.05) is 47.1 Å². The number of likely N-dealkylation sites (tertiary alicyclic amines) is 2. The van der Waals surface area contributed by atoms with Crippen molar-refractivity contribution in [3.63, 3.8) is 0 Å². The van der Waals surface area contributed by atoms with Crippen LogP contribution < -0.4 is 5.32 Å². The Morgan fingerprint density at radius 1 is 1.04 bits per heavy atom. The second-order valence-electron chi connectivity index (χ2n) is 13.3. The van der Waals surface area contributed by atoms with Gasteiger partial charge in [-0.05, 0) is 78.9 Å². The number of anilines is 1. The molecule has 2 fully saturated rings. The number of halogens is 1. The highest BCUT2D eigenvalue weighted by Crippen LogP contribution is 2.34. The van der Waals surface area contributed by atoms with Crippen LogP contribution in [0.2, 0.25) is 5.02 Å². The van der Waals surface area contributed by atoms with Crippen molar-refractivity contribution in [1.29, 1.82) is 5.26 Å². The Hall–Kier alpha value is -5.45. The molecule has 264 valence electrons. The molecule has 0 radical (unpaired) electrons. The van der Waals surface area contributed by atoms with Crippen molar-refractivity contribution in [2.75, 3.05) is 31.5 Å². The number of benzene rings is 2. The highest BCUT2D eigenvalue weighted by atomic mass is 35.5. The van der Waals surface area contributed by atoms with E-state index in [1.54, 1.807) is 36.7 Å². The lowest BCUT2D eigenvalue weighted by Gasteiger charge is -2.15. The Balaban J connectivity index is 1.07. The van der Waals surface area contributed by atoms with Gasteiger partial charge in [-0.25, -0.2) is 0 Å². The van der Waals surface area contributed by atoms with Crippen LogP contribution in [-0.2, 0) is 17.9 Å². The SMILES string of the molecule is Cc1c(NC(=O)c2ccc(CN3CC[C@@H](O)C3)cn2)cccc1-c1ccnc(/C=C/c2ccc3c(CN4CC[C@@H](C(=O)O)C4)noc3c2Cl)c1C#N. The van der Waals surface area contributed by atoms with Crippen LogP contribution in [0.15, 0.2) is 65.4 Å². The summed E-state index contributed by atoms with van der Waals surface area (Å²) in [4.78, 5) is 37.6. The van der Waals surface area contributed by atoms with Crippen LogP contribution in [0.4, 0.5) is 5.69 Å². The fourth-order valence-corrected chi connectivity index (χ4v) is 7.16. The first-order chi connectivity index (χ1) is 25.2. The van der Waals surface area contributed by atoms with Crippen LogP contribution in [0.3, 0.4) is 0 Å². The number of rotatable bonds is 10. The minimum Gasteiger partial charge on any atom is -0.481 e. The predicted molar refractivity (Wildman–Crippen MR) is 196 cm³/mol. The molecule has 0 saturated carbocycles. The number of hydrogen-bond acceptors (Lipinski definition) is 10. The van der Waals surface area contributed by atoms with Gasteiger partial charge in [-0.15, -0.1) is 0 Å². The van der Waals surface area contributed by atoms with E-state index < -0.39 is 5.97 Å². The topological polar surface area (TPSA) is 169 Å². The standard InChI is InChI=1S/C39H36ClN7O5/c1-23-28(3-2-4-32(23)44-38(49)34-9-5-24(18-43-34)19-46-16-13-27(48)21-46)29-11-14-42-33(31(29)17-41)10-7-25-6-8-30-35(45-52-37(30)36(25)40)22-47-15-12-26(20-47)39(50)51/h2-11,14,18,26-27,48H,12-13,15-16,19-22H2,1H3,(H,44,49)(H,50,51)/b10-7+/t26-,27-/m1/s1. The molecule has 3 N–H and O–H groups in total. The van der Waals surface area contributed by atoms with E-state index in [1.165, 1.54) is 0 Å². The Bertz CT molecular complexity index is 2230. The number of amides is 1. The van der Waals surface area contributed by atoms with Crippen LogP contribution in [0, 0.1) is 24.2 Å². The van der Waals surface area contributed by atoms with E-state index in [0.717, 1.165) is 35.0 Å². The largest absolute Gasteiger partial charge is 0.481 e. The van der Waals surface area contributed by atoms with Gasteiger partial charge in [-0.3, -0.25) is 29.4 Å². The summed E-state index contributed by atoms with van der Waals surface area (Å²) in [7, 11) is 0. The first kappa shape index (κ1) is 35.0. The molecular formula is C39H36ClN7O5. The highest BCUT2D eigenvalue weighted by Gasteiger charge is 2.29. The molecule has 2 atom stereocenters. The fraction of sp³-hybridized carbons (Fsp3) is 0.282. The summed E-state index contributed by atoms with van der Waals surface area (Å²) in [5, 5.41) is 37.7. The maximum Gasteiger partial charge on any atom is 0.307 e. The Labute approximate surface area is 305 Å². The molecule has 2 aliphatic rings. The number of hydrogen-bond donors (Lipinski definition) is 3. The zero-order valence-corrected chi connectivity index (χ0v) is 29.2. The van der Waals surface area contributed by atoms with Gasteiger partial charge in [0.15, 0.2) is 5.58 Å². The third-order valence-corrected chi connectivity index (χ3v) is 10.2. The number of fused-ring (bicyclic) bond motifs is 1. The zero-order chi connectivity index (χ0) is 36.4. The minimum absolute atomic E-state index is 0.280. The molecule has 7 rings (SSSR count). The fourth-order valence-electron chi connectivity index (χ4n) is 6.90. The third-order valence-electron chi connectivity index (χ3n) is 9.78. The second-order valence-corrected chi connectivity index (χ2v) is 13.6. The number of aliphatic carboxylic acids is 1. The molecule has 5 heterocycles. The van der Waals surface area contributed by atoms with Gasteiger partial charge in [0.25, 0.3) is 5.91 Å². The van der Waals surface area contributed by atoms with Crippen molar-refractivity contribution in [2.45, 2.75) is 39.0 Å². The van der Waals surface area contributed by atoms with E-state index in [-0.39, 0.29) is 23.6 Å². The predicted octanol–water partition coefficient (Wildman–Crippen LogP) is 6.01. The maximum atomic E-state index is 13.2. The van der Waals surface area contributed by atoms with Gasteiger partial charge in [0.1, 0.15) is 17.5 Å². The van der Waals surface area contributed by atoms with Gasteiger partial charge in [0, 0.05) is 61.8 Å². The smallest absolute Gasteiger partial charge is 0.307 e. The lowest BCUT2D eigenvalue weighted by Crippen LogP contribution is -2.23. The summed E-state index contributed by atoms with van der Waals surface area (Å²) in [6, 6.07) is 16.9. The Morgan fingerprint density at radius 3 is 2.60 bits per heavy atom. The van der Waals surface area contributed by atoms with E-state index in [1.807, 2.05) is 48.2 Å². The monoisotopic (exact) mass is 717 g/mol. The van der Waals surface area contributed by atoms with Crippen molar-refractivity contribution in [2.24, 2.45) is 5.92 Å². The van der Waals surface area contributed by atoms with Gasteiger partial charge in [-0.2, -0.15) is 5.26 Å². The van der Waals surface area contributed by atoms with E-state index in [9.17, 15) is 25.1 Å². The summed E-state index contributed by atoms with van der Waals surface area (Å²) in [6.07, 6.45) is 7.89. The summed E-state index contributed by atoms with van der Waals surface area (Å²) in [5.41, 5.74) is 6.62. The van der Waals surface area contributed by atoms with Crippen molar-refractivity contribution in [1.82, 2.24) is 24.9 Å². The summed E-state index contributed by atoms with van der Waals surface area (Å²) in [6.45, 7) is 5.61. The molecule has 0 spiro atoms. The van der Waals surface area contributed by atoms with Crippen molar-refractivity contribution in [3.8, 4) is 17.2 Å². The zero-order valence-electron chi connectivity index (χ0n) is 28.4. The highest BCUT2D eigenvalue weighted by molar-refractivity contribution is 6.36. The molecule has 2 saturated heterocycles. The maximum absolute atomic E-state index is 13.2. The second kappa shape index (κ2) is 15.0. The lowest BCUT2D eigenvalue weighted by atomic mass is 9.94. The average Bonchev–Trinajstić information content (AvgIpc) is 3.90. The van der Waals surface area contributed by atoms with Crippen molar-refractivity contribution in [3.05, 3.63) is 105 Å². The van der Waals surface area contributed by atoms with Gasteiger partial charge < -0.3 is 20.1 Å². The molecular weight excluding hydrogens is 682 g/mol. The van der Waals surface area contributed by atoms with Gasteiger partial charge in [0.05, 0.1) is 28.3 Å². The number of carbonyl (C=O) groups is 2. The number of carbonyl (C=O) groups excluding carboxylic acids is 1. The van der Waals surface area contributed by atoms with E-state index >= 15 is 0 Å². The number of pyridine rings is 2. The number of carboxylic acid groups (broad SMARTS) is 1. The van der Waals surface area contributed by atoms with Crippen molar-refractivity contribution >= 4 is 52.3 Å². The van der Waals surface area contributed by atoms with Gasteiger partial charge in [0.2, 0.25) is 0 Å². The van der Waals surface area contributed by atoms with E-state index in [2.05, 4.69) is 31.4 Å². The van der Waals surface area contributed by atoms with Crippen LogP contribution in [-0.4, -0.2) is 79.3 Å². The van der Waals surface area contributed by atoms with Crippen LogP contribution >= 0.6 is 11.6 Å². The molecule has 0 unspecified atom stereocenters. The number of nitrogens with zero attached hydrogens (tertiary/aromatic N) is 6. The Morgan fingerprint density at radius 2 is 1.87 bits per heavy atom. The van der Waals surface area contributed by atoms with Crippen LogP contribution in [0.5, 0.6) is 0 Å². The third kappa shape index (κ3) is 7.30. The molecule has 0 aliphatic carbocycles. The number of carboxylic acids is 1. The molecule has 52 heavy (non-hydrogen) atoms. The first-order valence-corrected chi connectivity index (χ1v) is 17.4. The molecule has 3 aromatic heterocycles. The molecule has 2 aliphatic heterocycles. The molecule has 13 heteroatoms. The Kier molecular flexibility index (Phi) is 10.1. The molecule has 12 nitrogen and oxygen atoms in total. The number of nitriles is 1.